The average molecular weight is 445 g/mol. The molecule has 7 heteroatoms. The van der Waals surface area contributed by atoms with Crippen molar-refractivity contribution >= 4 is 11.9 Å². The fourth-order valence-electron chi connectivity index (χ4n) is 4.14. The lowest BCUT2D eigenvalue weighted by molar-refractivity contribution is -0.127. The van der Waals surface area contributed by atoms with Crippen molar-refractivity contribution in [3.8, 4) is 11.3 Å². The first-order valence-electron chi connectivity index (χ1n) is 11.4. The summed E-state index contributed by atoms with van der Waals surface area (Å²) < 4.78 is 1.82. The van der Waals surface area contributed by atoms with E-state index in [1.165, 1.54) is 11.1 Å². The zero-order valence-corrected chi connectivity index (χ0v) is 19.6. The first kappa shape index (κ1) is 22.6. The van der Waals surface area contributed by atoms with Crippen LogP contribution in [-0.4, -0.2) is 53.2 Å². The van der Waals surface area contributed by atoms with Crippen molar-refractivity contribution in [1.29, 1.82) is 0 Å². The Bertz CT molecular complexity index is 1120. The van der Waals surface area contributed by atoms with E-state index in [2.05, 4.69) is 52.1 Å². The molecule has 1 aliphatic carbocycles. The van der Waals surface area contributed by atoms with Crippen LogP contribution in [0, 0.1) is 0 Å². The quantitative estimate of drug-likeness (QED) is 0.453. The van der Waals surface area contributed by atoms with Crippen LogP contribution in [0.15, 0.2) is 65.8 Å². The van der Waals surface area contributed by atoms with Crippen molar-refractivity contribution in [2.24, 2.45) is 12.0 Å². The Morgan fingerprint density at radius 1 is 1.12 bits per heavy atom. The van der Waals surface area contributed by atoms with Gasteiger partial charge in [-0.1, -0.05) is 54.6 Å². The maximum absolute atomic E-state index is 12.2. The van der Waals surface area contributed by atoms with Crippen LogP contribution in [0.2, 0.25) is 0 Å². The number of rotatable bonds is 6. The van der Waals surface area contributed by atoms with Gasteiger partial charge in [-0.25, -0.2) is 4.99 Å². The second kappa shape index (κ2) is 10.3. The summed E-state index contributed by atoms with van der Waals surface area (Å²) in [4.78, 5) is 18.6. The van der Waals surface area contributed by atoms with Crippen LogP contribution in [0.1, 0.15) is 23.1 Å². The second-order valence-corrected chi connectivity index (χ2v) is 8.70. The monoisotopic (exact) mass is 444 g/mol. The number of hydrogen-bond acceptors (Lipinski definition) is 3. The molecule has 3 aromatic rings. The maximum atomic E-state index is 12.2. The minimum Gasteiger partial charge on any atom is -0.353 e. The predicted octanol–water partition coefficient (Wildman–Crippen LogP) is 2.77. The largest absolute Gasteiger partial charge is 0.353 e. The molecule has 172 valence electrons. The molecule has 1 unspecified atom stereocenters. The third kappa shape index (κ3) is 5.80. The lowest BCUT2D eigenvalue weighted by atomic mass is 9.88. The van der Waals surface area contributed by atoms with Crippen molar-refractivity contribution < 1.29 is 4.79 Å². The van der Waals surface area contributed by atoms with E-state index in [-0.39, 0.29) is 18.5 Å². The third-order valence-corrected chi connectivity index (χ3v) is 5.95. The number of carbonyl (C=O) groups excluding carboxylic acids is 1. The van der Waals surface area contributed by atoms with Gasteiger partial charge in [-0.2, -0.15) is 5.10 Å². The molecule has 2 N–H and O–H groups in total. The standard InChI is InChI=1S/C26H32N6O/c1-31(2)24(33)17-28-26(29-23-14-13-19-9-7-8-12-21(19)15-23)27-16-22-18-32(3)30-25(22)20-10-5-4-6-11-20/h4-12,18,23H,13-17H2,1-3H3,(H2,27,28,29). The molecule has 2 aromatic carbocycles. The van der Waals surface area contributed by atoms with E-state index in [9.17, 15) is 4.79 Å². The molecule has 0 aliphatic heterocycles. The number of hydrogen-bond donors (Lipinski definition) is 2. The summed E-state index contributed by atoms with van der Waals surface area (Å²) in [6, 6.07) is 19.0. The smallest absolute Gasteiger partial charge is 0.241 e. The number of benzene rings is 2. The van der Waals surface area contributed by atoms with Gasteiger partial charge in [-0.15, -0.1) is 0 Å². The van der Waals surface area contributed by atoms with E-state index in [1.54, 1.807) is 19.0 Å². The lowest BCUT2D eigenvalue weighted by Gasteiger charge is -2.27. The van der Waals surface area contributed by atoms with Crippen molar-refractivity contribution in [1.82, 2.24) is 25.3 Å². The van der Waals surface area contributed by atoms with Crippen LogP contribution in [0.4, 0.5) is 0 Å². The van der Waals surface area contributed by atoms with Crippen molar-refractivity contribution in [2.45, 2.75) is 31.8 Å². The highest BCUT2D eigenvalue weighted by Crippen LogP contribution is 2.23. The Morgan fingerprint density at radius 3 is 2.61 bits per heavy atom. The van der Waals surface area contributed by atoms with Gasteiger partial charge < -0.3 is 15.5 Å². The Balaban J connectivity index is 1.52. The van der Waals surface area contributed by atoms with Gasteiger partial charge in [0.05, 0.1) is 18.8 Å². The van der Waals surface area contributed by atoms with E-state index >= 15 is 0 Å². The second-order valence-electron chi connectivity index (χ2n) is 8.70. The van der Waals surface area contributed by atoms with Gasteiger partial charge in [0.1, 0.15) is 0 Å². The number of nitrogens with zero attached hydrogens (tertiary/aromatic N) is 4. The molecule has 0 saturated carbocycles. The number of carbonyl (C=O) groups is 1. The van der Waals surface area contributed by atoms with Gasteiger partial charge in [-0.05, 0) is 30.4 Å². The van der Waals surface area contributed by atoms with Crippen LogP contribution in [-0.2, 0) is 31.2 Å². The van der Waals surface area contributed by atoms with E-state index in [0.29, 0.717) is 12.5 Å². The van der Waals surface area contributed by atoms with Crippen LogP contribution in [0.25, 0.3) is 11.3 Å². The molecule has 1 amide bonds. The molecule has 1 atom stereocenters. The normalized spacial score (nSPS) is 15.6. The van der Waals surface area contributed by atoms with Crippen molar-refractivity contribution in [3.63, 3.8) is 0 Å². The number of guanidine groups is 1. The molecule has 0 bridgehead atoms. The summed E-state index contributed by atoms with van der Waals surface area (Å²) >= 11 is 0. The van der Waals surface area contributed by atoms with Gasteiger partial charge in [0.25, 0.3) is 0 Å². The van der Waals surface area contributed by atoms with Crippen molar-refractivity contribution in [2.75, 3.05) is 20.6 Å². The first-order chi connectivity index (χ1) is 16.0. The molecule has 1 heterocycles. The van der Waals surface area contributed by atoms with Gasteiger partial charge in [0.15, 0.2) is 5.96 Å². The SMILES string of the molecule is CN(C)C(=O)CNC(=NCc1cn(C)nc1-c1ccccc1)NC1CCc2ccccc2C1. The predicted molar refractivity (Wildman–Crippen MR) is 132 cm³/mol. The molecular weight excluding hydrogens is 412 g/mol. The highest BCUT2D eigenvalue weighted by molar-refractivity contribution is 5.86. The Labute approximate surface area is 195 Å². The van der Waals surface area contributed by atoms with E-state index in [1.807, 2.05) is 36.1 Å². The molecule has 0 saturated heterocycles. The Morgan fingerprint density at radius 2 is 1.85 bits per heavy atom. The molecule has 0 radical (unpaired) electrons. The fraction of sp³-hybridized carbons (Fsp3) is 0.346. The third-order valence-electron chi connectivity index (χ3n) is 5.95. The van der Waals surface area contributed by atoms with E-state index < -0.39 is 0 Å². The first-order valence-corrected chi connectivity index (χ1v) is 11.4. The van der Waals surface area contributed by atoms with Gasteiger partial charge in [-0.3, -0.25) is 9.48 Å². The van der Waals surface area contributed by atoms with Gasteiger partial charge in [0.2, 0.25) is 5.91 Å². The van der Waals surface area contributed by atoms with Crippen LogP contribution < -0.4 is 10.6 Å². The molecule has 4 rings (SSSR count). The van der Waals surface area contributed by atoms with Gasteiger partial charge in [0, 0.05) is 44.5 Å². The summed E-state index contributed by atoms with van der Waals surface area (Å²) in [5.74, 6) is 0.655. The molecule has 0 spiro atoms. The Kier molecular flexibility index (Phi) is 7.07. The number of aromatic nitrogens is 2. The number of aliphatic imine (C=N–C) groups is 1. The molecule has 1 aliphatic rings. The zero-order valence-electron chi connectivity index (χ0n) is 19.6. The number of fused-ring (bicyclic) bond motifs is 1. The molecular formula is C26H32N6O. The highest BCUT2D eigenvalue weighted by atomic mass is 16.2. The summed E-state index contributed by atoms with van der Waals surface area (Å²) in [6.45, 7) is 0.660. The summed E-state index contributed by atoms with van der Waals surface area (Å²) in [7, 11) is 5.44. The highest BCUT2D eigenvalue weighted by Gasteiger charge is 2.20. The molecule has 0 fully saturated rings. The van der Waals surface area contributed by atoms with Gasteiger partial charge >= 0.3 is 0 Å². The summed E-state index contributed by atoms with van der Waals surface area (Å²) in [6.07, 6.45) is 5.02. The number of likely N-dealkylation sites (N-methyl/N-ethyl adjacent to an activating group) is 1. The summed E-state index contributed by atoms with van der Waals surface area (Å²) in [5.41, 5.74) is 5.84. The number of aryl methyl sites for hydroxylation is 2. The van der Waals surface area contributed by atoms with Crippen LogP contribution >= 0.6 is 0 Å². The maximum Gasteiger partial charge on any atom is 0.241 e. The number of nitrogens with one attached hydrogen (secondary N) is 2. The van der Waals surface area contributed by atoms with Crippen LogP contribution in [0.3, 0.4) is 0 Å². The average Bonchev–Trinajstić information content (AvgIpc) is 3.21. The molecule has 33 heavy (non-hydrogen) atoms. The fourth-order valence-corrected chi connectivity index (χ4v) is 4.14. The van der Waals surface area contributed by atoms with E-state index in [0.717, 1.165) is 36.1 Å². The Hall–Kier alpha value is -3.61. The topological polar surface area (TPSA) is 74.5 Å². The number of amides is 1. The molecule has 7 nitrogen and oxygen atoms in total. The van der Waals surface area contributed by atoms with Crippen molar-refractivity contribution in [3.05, 3.63) is 77.5 Å². The minimum atomic E-state index is 0.00448. The molecule has 1 aromatic heterocycles. The van der Waals surface area contributed by atoms with E-state index in [4.69, 9.17) is 4.99 Å². The zero-order chi connectivity index (χ0) is 23.2. The van der Waals surface area contributed by atoms with Crippen LogP contribution in [0.5, 0.6) is 0 Å². The lowest BCUT2D eigenvalue weighted by Crippen LogP contribution is -2.48. The minimum absolute atomic E-state index is 0.00448. The summed E-state index contributed by atoms with van der Waals surface area (Å²) in [5, 5.41) is 11.4.